The highest BCUT2D eigenvalue weighted by molar-refractivity contribution is 7.07. The monoisotopic (exact) mass is 359 g/mol. The van der Waals surface area contributed by atoms with Crippen molar-refractivity contribution in [2.45, 2.75) is 13.3 Å². The van der Waals surface area contributed by atoms with Crippen molar-refractivity contribution in [1.29, 1.82) is 0 Å². The van der Waals surface area contributed by atoms with Gasteiger partial charge in [0.15, 0.2) is 11.5 Å². The normalized spacial score (nSPS) is 10.4. The molecule has 10 heteroatoms. The predicted octanol–water partition coefficient (Wildman–Crippen LogP) is 1.95. The molecule has 3 rings (SSSR count). The first kappa shape index (κ1) is 16.7. The zero-order valence-corrected chi connectivity index (χ0v) is 13.9. The number of hydrogen-bond acceptors (Lipinski definition) is 9. The number of hydrogen-bond donors (Lipinski definition) is 1. The molecule has 0 radical (unpaired) electrons. The van der Waals surface area contributed by atoms with Crippen LogP contribution >= 0.6 is 11.5 Å². The Bertz CT molecular complexity index is 877. The average molecular weight is 359 g/mol. The van der Waals surface area contributed by atoms with Crippen LogP contribution in [0.3, 0.4) is 0 Å². The smallest absolute Gasteiger partial charge is 0.352 e. The fourth-order valence-corrected chi connectivity index (χ4v) is 2.56. The van der Waals surface area contributed by atoms with Gasteiger partial charge in [-0.2, -0.15) is 0 Å². The van der Waals surface area contributed by atoms with Crippen LogP contribution in [0.2, 0.25) is 0 Å². The van der Waals surface area contributed by atoms with E-state index in [1.165, 1.54) is 0 Å². The molecule has 2 heterocycles. The highest BCUT2D eigenvalue weighted by Gasteiger charge is 2.18. The number of amides is 1. The van der Waals surface area contributed by atoms with Gasteiger partial charge in [-0.25, -0.2) is 4.79 Å². The first-order chi connectivity index (χ1) is 12.2. The van der Waals surface area contributed by atoms with Gasteiger partial charge in [-0.15, -0.1) is 10.2 Å². The topological polar surface area (TPSA) is 120 Å². The van der Waals surface area contributed by atoms with E-state index in [1.54, 1.807) is 12.1 Å². The molecular weight excluding hydrogens is 346 g/mol. The number of nitrogens with one attached hydrogen (secondary N) is 1. The summed E-state index contributed by atoms with van der Waals surface area (Å²) in [6.07, 6.45) is 0.553. The highest BCUT2D eigenvalue weighted by Crippen LogP contribution is 2.19. The van der Waals surface area contributed by atoms with E-state index >= 15 is 0 Å². The zero-order chi connectivity index (χ0) is 17.6. The van der Waals surface area contributed by atoms with Crippen LogP contribution in [-0.2, 0) is 16.0 Å². The Morgan fingerprint density at radius 1 is 1.20 bits per heavy atom. The highest BCUT2D eigenvalue weighted by atomic mass is 32.1. The molecule has 9 nitrogen and oxygen atoms in total. The largest absolute Gasteiger partial charge is 0.451 e. The van der Waals surface area contributed by atoms with E-state index in [0.29, 0.717) is 17.0 Å². The Balaban J connectivity index is 1.55. The lowest BCUT2D eigenvalue weighted by molar-refractivity contribution is -0.119. The Kier molecular flexibility index (Phi) is 5.09. The van der Waals surface area contributed by atoms with Crippen LogP contribution in [0.25, 0.3) is 11.5 Å². The maximum absolute atomic E-state index is 11.9. The first-order valence-corrected chi connectivity index (χ1v) is 8.12. The number of nitrogens with zero attached hydrogens (tertiary/aromatic N) is 4. The van der Waals surface area contributed by atoms with Crippen LogP contribution in [-0.4, -0.2) is 38.3 Å². The number of esters is 1. The van der Waals surface area contributed by atoms with E-state index < -0.39 is 18.5 Å². The fraction of sp³-hybridized carbons (Fsp3) is 0.200. The van der Waals surface area contributed by atoms with Gasteiger partial charge in [-0.1, -0.05) is 34.7 Å². The molecule has 0 aliphatic rings. The molecule has 0 fully saturated rings. The van der Waals surface area contributed by atoms with Gasteiger partial charge >= 0.3 is 12.0 Å². The summed E-state index contributed by atoms with van der Waals surface area (Å²) >= 11 is 0.931. The lowest BCUT2D eigenvalue weighted by atomic mass is 10.2. The summed E-state index contributed by atoms with van der Waals surface area (Å²) in [5.74, 6) is -0.958. The Hall–Kier alpha value is -3.14. The van der Waals surface area contributed by atoms with Gasteiger partial charge < -0.3 is 9.15 Å². The Morgan fingerprint density at radius 3 is 2.76 bits per heavy atom. The number of rotatable bonds is 6. The Labute approximate surface area is 146 Å². The molecule has 1 N–H and O–H groups in total. The summed E-state index contributed by atoms with van der Waals surface area (Å²) in [7, 11) is 0. The zero-order valence-electron chi connectivity index (χ0n) is 13.1. The van der Waals surface area contributed by atoms with Crippen LogP contribution in [0.1, 0.15) is 22.3 Å². The Morgan fingerprint density at radius 2 is 2.00 bits per heavy atom. The van der Waals surface area contributed by atoms with Crippen molar-refractivity contribution in [2.24, 2.45) is 0 Å². The van der Waals surface area contributed by atoms with Gasteiger partial charge in [0.25, 0.3) is 5.91 Å². The number of ether oxygens (including phenoxy) is 1. The quantitative estimate of drug-likeness (QED) is 0.663. The maximum Gasteiger partial charge on any atom is 0.352 e. The number of carbonyl (C=O) groups excluding carboxylic acids is 2. The molecule has 2 aromatic heterocycles. The van der Waals surface area contributed by atoms with Crippen molar-refractivity contribution in [3.05, 3.63) is 40.9 Å². The molecule has 0 aliphatic carbocycles. The van der Waals surface area contributed by atoms with E-state index in [-0.39, 0.29) is 11.9 Å². The minimum absolute atomic E-state index is 0.0754. The van der Waals surface area contributed by atoms with Crippen molar-refractivity contribution in [3.63, 3.8) is 0 Å². The molecular formula is C15H13N5O4S. The summed E-state index contributed by atoms with van der Waals surface area (Å²) < 4.78 is 14.0. The average Bonchev–Trinajstić information content (AvgIpc) is 3.29. The molecule has 1 amide bonds. The maximum atomic E-state index is 11.9. The standard InChI is InChI=1S/C15H13N5O4S/c1-2-10-12(25-20-17-10)14(22)23-8-11(21)16-15-19-18-13(24-15)9-6-4-3-5-7-9/h3-7H,2,8H2,1H3,(H,16,19,21). The molecule has 0 atom stereocenters. The number of aryl methyl sites for hydroxylation is 1. The molecule has 25 heavy (non-hydrogen) atoms. The number of aromatic nitrogens is 4. The summed E-state index contributed by atoms with van der Waals surface area (Å²) in [4.78, 5) is 24.0. The van der Waals surface area contributed by atoms with Gasteiger partial charge in [0.1, 0.15) is 0 Å². The molecule has 0 spiro atoms. The van der Waals surface area contributed by atoms with E-state index in [0.717, 1.165) is 17.1 Å². The van der Waals surface area contributed by atoms with Gasteiger partial charge in [-0.3, -0.25) is 10.1 Å². The first-order valence-electron chi connectivity index (χ1n) is 7.34. The minimum Gasteiger partial charge on any atom is -0.451 e. The molecule has 3 aromatic rings. The van der Waals surface area contributed by atoms with Crippen LogP contribution < -0.4 is 5.32 Å². The van der Waals surface area contributed by atoms with Crippen molar-refractivity contribution in [2.75, 3.05) is 11.9 Å². The molecule has 0 unspecified atom stereocenters. The number of anilines is 1. The minimum atomic E-state index is -0.641. The van der Waals surface area contributed by atoms with Crippen LogP contribution in [0.4, 0.5) is 6.01 Å². The van der Waals surface area contributed by atoms with Crippen LogP contribution in [0, 0.1) is 0 Å². The molecule has 128 valence electrons. The third-order valence-electron chi connectivity index (χ3n) is 3.10. The summed E-state index contributed by atoms with van der Waals surface area (Å²) in [5, 5.41) is 13.8. The van der Waals surface area contributed by atoms with Crippen molar-refractivity contribution < 1.29 is 18.7 Å². The summed E-state index contributed by atoms with van der Waals surface area (Å²) in [6, 6.07) is 9.05. The van der Waals surface area contributed by atoms with E-state index in [9.17, 15) is 9.59 Å². The molecule has 0 bridgehead atoms. The van der Waals surface area contributed by atoms with E-state index in [2.05, 4.69) is 25.1 Å². The predicted molar refractivity (Wildman–Crippen MR) is 87.9 cm³/mol. The van der Waals surface area contributed by atoms with Crippen LogP contribution in [0.5, 0.6) is 0 Å². The van der Waals surface area contributed by atoms with Crippen LogP contribution in [0.15, 0.2) is 34.7 Å². The second kappa shape index (κ2) is 7.62. The van der Waals surface area contributed by atoms with Crippen molar-refractivity contribution in [1.82, 2.24) is 19.8 Å². The molecule has 0 aliphatic heterocycles. The SMILES string of the molecule is CCc1nnsc1C(=O)OCC(=O)Nc1nnc(-c2ccccc2)o1. The fourth-order valence-electron chi connectivity index (χ4n) is 1.92. The van der Waals surface area contributed by atoms with E-state index in [4.69, 9.17) is 9.15 Å². The molecule has 0 saturated carbocycles. The van der Waals surface area contributed by atoms with Crippen molar-refractivity contribution >= 4 is 29.4 Å². The van der Waals surface area contributed by atoms with Gasteiger partial charge in [0, 0.05) is 5.56 Å². The van der Waals surface area contributed by atoms with Gasteiger partial charge in [0.05, 0.1) is 5.69 Å². The van der Waals surface area contributed by atoms with Gasteiger partial charge in [-0.05, 0) is 30.1 Å². The molecule has 0 saturated heterocycles. The lowest BCUT2D eigenvalue weighted by Gasteiger charge is -2.03. The van der Waals surface area contributed by atoms with Crippen molar-refractivity contribution in [3.8, 4) is 11.5 Å². The second-order valence-electron chi connectivity index (χ2n) is 4.81. The number of carbonyl (C=O) groups is 2. The van der Waals surface area contributed by atoms with Gasteiger partial charge in [0.2, 0.25) is 5.89 Å². The number of benzene rings is 1. The third kappa shape index (κ3) is 4.04. The summed E-state index contributed by atoms with van der Waals surface area (Å²) in [6.45, 7) is 1.36. The lowest BCUT2D eigenvalue weighted by Crippen LogP contribution is -2.21. The summed E-state index contributed by atoms with van der Waals surface area (Å²) in [5.41, 5.74) is 1.27. The van der Waals surface area contributed by atoms with E-state index in [1.807, 2.05) is 25.1 Å². The molecule has 1 aromatic carbocycles. The third-order valence-corrected chi connectivity index (χ3v) is 3.85. The second-order valence-corrected chi connectivity index (χ2v) is 5.56.